The van der Waals surface area contributed by atoms with Crippen molar-refractivity contribution in [1.82, 2.24) is 15.6 Å². The molecule has 2 amide bonds. The normalized spacial score (nSPS) is 13.6. The molecule has 0 aliphatic carbocycles. The van der Waals surface area contributed by atoms with Crippen LogP contribution in [0.3, 0.4) is 0 Å². The molecule has 0 bridgehead atoms. The monoisotopic (exact) mass is 357 g/mol. The van der Waals surface area contributed by atoms with Crippen LogP contribution in [0.4, 0.5) is 0 Å². The molecule has 2 aromatic rings. The number of fused-ring (bicyclic) bond motifs is 1. The van der Waals surface area contributed by atoms with E-state index in [4.69, 9.17) is 0 Å². The number of nitrogens with one attached hydrogen (secondary N) is 3. The first kappa shape index (κ1) is 20.0. The first-order valence-corrected chi connectivity index (χ1v) is 9.49. The molecule has 0 saturated carbocycles. The van der Waals surface area contributed by atoms with Gasteiger partial charge in [-0.2, -0.15) is 0 Å². The summed E-state index contributed by atoms with van der Waals surface area (Å²) in [5, 5.41) is 6.94. The summed E-state index contributed by atoms with van der Waals surface area (Å²) in [4.78, 5) is 27.5. The first-order chi connectivity index (χ1) is 12.4. The molecule has 0 saturated heterocycles. The molecule has 2 atom stereocenters. The summed E-state index contributed by atoms with van der Waals surface area (Å²) in [5.74, 6) is 0.354. The topological polar surface area (TPSA) is 74.0 Å². The minimum Gasteiger partial charge on any atom is -0.361 e. The number of H-pyrrole nitrogens is 1. The summed E-state index contributed by atoms with van der Waals surface area (Å²) < 4.78 is 0. The van der Waals surface area contributed by atoms with Crippen LogP contribution in [-0.4, -0.2) is 28.9 Å². The van der Waals surface area contributed by atoms with Crippen LogP contribution in [0.15, 0.2) is 30.5 Å². The Bertz CT molecular complexity index is 736. The number of carbonyl (C=O) groups excluding carboxylic acids is 2. The predicted octanol–water partition coefficient (Wildman–Crippen LogP) is 3.55. The fourth-order valence-corrected chi connectivity index (χ4v) is 3.22. The highest BCUT2D eigenvalue weighted by Gasteiger charge is 2.22. The van der Waals surface area contributed by atoms with E-state index in [-0.39, 0.29) is 17.9 Å². The zero-order valence-corrected chi connectivity index (χ0v) is 16.3. The van der Waals surface area contributed by atoms with E-state index in [2.05, 4.69) is 29.5 Å². The van der Waals surface area contributed by atoms with Gasteiger partial charge < -0.3 is 15.6 Å². The van der Waals surface area contributed by atoms with Crippen molar-refractivity contribution >= 4 is 22.7 Å². The van der Waals surface area contributed by atoms with Crippen molar-refractivity contribution in [2.75, 3.05) is 0 Å². The van der Waals surface area contributed by atoms with Gasteiger partial charge >= 0.3 is 0 Å². The summed E-state index contributed by atoms with van der Waals surface area (Å²) in [6.45, 7) is 7.88. The molecule has 0 radical (unpaired) electrons. The maximum Gasteiger partial charge on any atom is 0.243 e. The summed E-state index contributed by atoms with van der Waals surface area (Å²) in [6.07, 6.45) is 5.58. The molecule has 2 unspecified atom stereocenters. The SMILES string of the molecule is CC(=O)NC(Cc1c[nH]c2ccccc12)C(=O)NC(C)CCCC(C)C. The minimum atomic E-state index is -0.570. The highest BCUT2D eigenvalue weighted by atomic mass is 16.2. The van der Waals surface area contributed by atoms with Crippen LogP contribution in [0.5, 0.6) is 0 Å². The lowest BCUT2D eigenvalue weighted by Gasteiger charge is -2.21. The Kier molecular flexibility index (Phi) is 7.25. The van der Waals surface area contributed by atoms with E-state index in [9.17, 15) is 9.59 Å². The molecule has 5 heteroatoms. The van der Waals surface area contributed by atoms with Crippen LogP contribution in [0.2, 0.25) is 0 Å². The van der Waals surface area contributed by atoms with Crippen molar-refractivity contribution in [3.8, 4) is 0 Å². The number of rotatable bonds is 9. The Labute approximate surface area is 155 Å². The second kappa shape index (κ2) is 9.41. The van der Waals surface area contributed by atoms with Gasteiger partial charge in [0.1, 0.15) is 6.04 Å². The van der Waals surface area contributed by atoms with E-state index >= 15 is 0 Å². The highest BCUT2D eigenvalue weighted by molar-refractivity contribution is 5.89. The van der Waals surface area contributed by atoms with E-state index in [1.807, 2.05) is 37.4 Å². The maximum absolute atomic E-state index is 12.7. The quantitative estimate of drug-likeness (QED) is 0.642. The average molecular weight is 357 g/mol. The Morgan fingerprint density at radius 3 is 2.50 bits per heavy atom. The van der Waals surface area contributed by atoms with Gasteiger partial charge in [-0.15, -0.1) is 0 Å². The third-order valence-electron chi connectivity index (χ3n) is 4.60. The second-order valence-electron chi connectivity index (χ2n) is 7.55. The molecule has 0 spiro atoms. The fourth-order valence-electron chi connectivity index (χ4n) is 3.22. The van der Waals surface area contributed by atoms with Gasteiger partial charge in [-0.3, -0.25) is 9.59 Å². The lowest BCUT2D eigenvalue weighted by molar-refractivity contribution is -0.128. The molecule has 142 valence electrons. The van der Waals surface area contributed by atoms with Gasteiger partial charge in [0.25, 0.3) is 0 Å². The number of hydrogen-bond donors (Lipinski definition) is 3. The van der Waals surface area contributed by atoms with E-state index in [0.29, 0.717) is 12.3 Å². The largest absolute Gasteiger partial charge is 0.361 e. The van der Waals surface area contributed by atoms with Crippen LogP contribution < -0.4 is 10.6 Å². The first-order valence-electron chi connectivity index (χ1n) is 9.49. The van der Waals surface area contributed by atoms with E-state index < -0.39 is 6.04 Å². The number of benzene rings is 1. The summed E-state index contributed by atoms with van der Waals surface area (Å²) in [5.41, 5.74) is 2.06. The molecule has 0 fully saturated rings. The average Bonchev–Trinajstić information content (AvgIpc) is 2.96. The molecule has 1 aromatic carbocycles. The molecule has 0 aliphatic rings. The van der Waals surface area contributed by atoms with Crippen LogP contribution >= 0.6 is 0 Å². The van der Waals surface area contributed by atoms with Gasteiger partial charge in [-0.05, 0) is 30.9 Å². The number of para-hydroxylation sites is 1. The van der Waals surface area contributed by atoms with Gasteiger partial charge in [0.05, 0.1) is 0 Å². The lowest BCUT2D eigenvalue weighted by Crippen LogP contribution is -2.49. The van der Waals surface area contributed by atoms with Gasteiger partial charge in [-0.1, -0.05) is 44.9 Å². The van der Waals surface area contributed by atoms with Gasteiger partial charge in [0.15, 0.2) is 0 Å². The molecule has 26 heavy (non-hydrogen) atoms. The third-order valence-corrected chi connectivity index (χ3v) is 4.60. The van der Waals surface area contributed by atoms with Crippen molar-refractivity contribution in [2.24, 2.45) is 5.92 Å². The number of hydrogen-bond acceptors (Lipinski definition) is 2. The summed E-state index contributed by atoms with van der Waals surface area (Å²) >= 11 is 0. The molecule has 1 aromatic heterocycles. The number of amides is 2. The van der Waals surface area contributed by atoms with E-state index in [0.717, 1.165) is 35.7 Å². The molecule has 5 nitrogen and oxygen atoms in total. The number of aromatic nitrogens is 1. The summed E-state index contributed by atoms with van der Waals surface area (Å²) in [7, 11) is 0. The van der Waals surface area contributed by atoms with Gasteiger partial charge in [0.2, 0.25) is 11.8 Å². The number of carbonyl (C=O) groups is 2. The predicted molar refractivity (Wildman–Crippen MR) is 106 cm³/mol. The van der Waals surface area contributed by atoms with E-state index in [1.165, 1.54) is 6.92 Å². The lowest BCUT2D eigenvalue weighted by atomic mass is 10.0. The Morgan fingerprint density at radius 1 is 1.08 bits per heavy atom. The Balaban J connectivity index is 2.01. The molecular weight excluding hydrogens is 326 g/mol. The highest BCUT2D eigenvalue weighted by Crippen LogP contribution is 2.19. The smallest absolute Gasteiger partial charge is 0.243 e. The van der Waals surface area contributed by atoms with Gasteiger partial charge in [-0.25, -0.2) is 0 Å². The van der Waals surface area contributed by atoms with Crippen LogP contribution in [0, 0.1) is 5.92 Å². The molecule has 3 N–H and O–H groups in total. The fraction of sp³-hybridized carbons (Fsp3) is 0.524. The van der Waals surface area contributed by atoms with Crippen LogP contribution in [0.25, 0.3) is 10.9 Å². The number of aromatic amines is 1. The van der Waals surface area contributed by atoms with Crippen molar-refractivity contribution < 1.29 is 9.59 Å². The summed E-state index contributed by atoms with van der Waals surface area (Å²) in [6, 6.07) is 7.50. The molecule has 2 rings (SSSR count). The molecule has 1 heterocycles. The maximum atomic E-state index is 12.7. The Morgan fingerprint density at radius 2 is 1.81 bits per heavy atom. The standard InChI is InChI=1S/C21H31N3O2/c1-14(2)8-7-9-15(3)23-21(26)20(24-16(4)25)12-17-13-22-19-11-6-5-10-18(17)19/h5-6,10-11,13-15,20,22H,7-9,12H2,1-4H3,(H,23,26)(H,24,25). The van der Waals surface area contributed by atoms with E-state index in [1.54, 1.807) is 0 Å². The minimum absolute atomic E-state index is 0.0977. The van der Waals surface area contributed by atoms with Crippen molar-refractivity contribution in [1.29, 1.82) is 0 Å². The zero-order chi connectivity index (χ0) is 19.1. The second-order valence-corrected chi connectivity index (χ2v) is 7.55. The van der Waals surface area contributed by atoms with Crippen molar-refractivity contribution in [3.63, 3.8) is 0 Å². The van der Waals surface area contributed by atoms with Crippen molar-refractivity contribution in [2.45, 2.75) is 65.5 Å². The Hall–Kier alpha value is -2.30. The molecular formula is C21H31N3O2. The van der Waals surface area contributed by atoms with Crippen LogP contribution in [0.1, 0.15) is 52.5 Å². The third kappa shape index (κ3) is 5.90. The zero-order valence-electron chi connectivity index (χ0n) is 16.3. The van der Waals surface area contributed by atoms with Crippen LogP contribution in [-0.2, 0) is 16.0 Å². The van der Waals surface area contributed by atoms with Gasteiger partial charge in [0, 0.05) is 36.5 Å². The van der Waals surface area contributed by atoms with Crippen molar-refractivity contribution in [3.05, 3.63) is 36.0 Å². The molecule has 0 aliphatic heterocycles.